The molecule has 0 bridgehead atoms. The highest BCUT2D eigenvalue weighted by atomic mass is 16.3. The summed E-state index contributed by atoms with van der Waals surface area (Å²) in [7, 11) is 0. The Labute approximate surface area is 59.3 Å². The highest BCUT2D eigenvalue weighted by molar-refractivity contribution is 5.80. The van der Waals surface area contributed by atoms with Gasteiger partial charge in [0.1, 0.15) is 5.58 Å². The van der Waals surface area contributed by atoms with Gasteiger partial charge in [-0.1, -0.05) is 12.1 Å². The van der Waals surface area contributed by atoms with Crippen LogP contribution in [0, 0.1) is 6.92 Å². The molecule has 1 heteroatoms. The lowest BCUT2D eigenvalue weighted by Crippen LogP contribution is -1.69. The zero-order valence-corrected chi connectivity index (χ0v) is 5.79. The van der Waals surface area contributed by atoms with Gasteiger partial charge >= 0.3 is 0 Å². The van der Waals surface area contributed by atoms with E-state index in [0.29, 0.717) is 0 Å². The van der Waals surface area contributed by atoms with Gasteiger partial charge in [-0.15, -0.1) is 0 Å². The van der Waals surface area contributed by atoms with E-state index >= 15 is 0 Å². The predicted octanol–water partition coefficient (Wildman–Crippen LogP) is 2.74. The van der Waals surface area contributed by atoms with Crippen molar-refractivity contribution in [3.63, 3.8) is 0 Å². The predicted molar refractivity (Wildman–Crippen MR) is 41.0 cm³/mol. The molecule has 0 atom stereocenters. The summed E-state index contributed by atoms with van der Waals surface area (Å²) in [5.74, 6) is 0. The van der Waals surface area contributed by atoms with Crippen molar-refractivity contribution >= 4 is 11.0 Å². The lowest BCUT2D eigenvalue weighted by molar-refractivity contribution is 0.616. The zero-order valence-electron chi connectivity index (χ0n) is 5.79. The van der Waals surface area contributed by atoms with Crippen molar-refractivity contribution in [2.75, 3.05) is 0 Å². The molecule has 0 fully saturated rings. The van der Waals surface area contributed by atoms with Crippen LogP contribution in [0.4, 0.5) is 0 Å². The zero-order chi connectivity index (χ0) is 6.97. The van der Waals surface area contributed by atoms with E-state index in [1.54, 1.807) is 6.26 Å². The maximum atomic E-state index is 5.20. The molecular formula is C9H8O. The molecule has 0 aliphatic rings. The molecule has 1 nitrogen and oxygen atoms in total. The molecule has 0 aliphatic heterocycles. The maximum absolute atomic E-state index is 5.20. The van der Waals surface area contributed by atoms with Crippen LogP contribution in [0.2, 0.25) is 0 Å². The first kappa shape index (κ1) is 5.54. The van der Waals surface area contributed by atoms with E-state index in [0.717, 1.165) is 5.58 Å². The van der Waals surface area contributed by atoms with Crippen LogP contribution in [0.3, 0.4) is 0 Å². The van der Waals surface area contributed by atoms with E-state index in [1.807, 2.05) is 18.2 Å². The van der Waals surface area contributed by atoms with Crippen molar-refractivity contribution < 1.29 is 4.42 Å². The van der Waals surface area contributed by atoms with Crippen molar-refractivity contribution in [2.24, 2.45) is 0 Å². The van der Waals surface area contributed by atoms with E-state index in [1.165, 1.54) is 10.9 Å². The average molecular weight is 132 g/mol. The summed E-state index contributed by atoms with van der Waals surface area (Å²) in [6, 6.07) is 8.05. The minimum atomic E-state index is 0.972. The summed E-state index contributed by atoms with van der Waals surface area (Å²) in [5.41, 5.74) is 2.24. The van der Waals surface area contributed by atoms with Gasteiger partial charge in [-0.3, -0.25) is 0 Å². The molecule has 0 N–H and O–H groups in total. The monoisotopic (exact) mass is 132 g/mol. The molecule has 0 saturated heterocycles. The van der Waals surface area contributed by atoms with Gasteiger partial charge in [0.05, 0.1) is 6.26 Å². The number of fused-ring (bicyclic) bond motifs is 1. The average Bonchev–Trinajstić information content (AvgIpc) is 2.36. The largest absolute Gasteiger partial charge is 0.464 e. The molecule has 0 amide bonds. The summed E-state index contributed by atoms with van der Waals surface area (Å²) in [4.78, 5) is 0. The lowest BCUT2D eigenvalue weighted by atomic mass is 10.1. The summed E-state index contributed by atoms with van der Waals surface area (Å²) in [6.07, 6.45) is 1.72. The smallest absolute Gasteiger partial charge is 0.134 e. The van der Waals surface area contributed by atoms with Gasteiger partial charge in [0.25, 0.3) is 0 Å². The van der Waals surface area contributed by atoms with E-state index in [-0.39, 0.29) is 0 Å². The number of furan rings is 1. The molecule has 0 saturated carbocycles. The van der Waals surface area contributed by atoms with Crippen LogP contribution in [0.15, 0.2) is 34.9 Å². The topological polar surface area (TPSA) is 13.1 Å². The fourth-order valence-electron chi connectivity index (χ4n) is 1.15. The van der Waals surface area contributed by atoms with Crippen LogP contribution in [0.25, 0.3) is 11.0 Å². The Kier molecular flexibility index (Phi) is 1.04. The molecule has 50 valence electrons. The molecule has 0 spiro atoms. The highest BCUT2D eigenvalue weighted by Crippen LogP contribution is 2.18. The third-order valence-electron chi connectivity index (χ3n) is 1.71. The van der Waals surface area contributed by atoms with Gasteiger partial charge in [0.2, 0.25) is 0 Å². The van der Waals surface area contributed by atoms with Crippen molar-refractivity contribution in [3.05, 3.63) is 36.1 Å². The van der Waals surface area contributed by atoms with Crippen LogP contribution < -0.4 is 0 Å². The standard InChI is InChI=1S/C9H8O/c1-7-3-2-4-9-8(7)5-6-10-9/h2-6H,1H3. The second-order valence-electron chi connectivity index (χ2n) is 2.41. The van der Waals surface area contributed by atoms with Crippen LogP contribution in [0.5, 0.6) is 0 Å². The first-order valence-corrected chi connectivity index (χ1v) is 3.31. The molecule has 0 aliphatic carbocycles. The lowest BCUT2D eigenvalue weighted by Gasteiger charge is -1.90. The van der Waals surface area contributed by atoms with E-state index in [4.69, 9.17) is 4.42 Å². The molecule has 1 heterocycles. The van der Waals surface area contributed by atoms with Gasteiger partial charge in [-0.05, 0) is 24.6 Å². The van der Waals surface area contributed by atoms with Crippen molar-refractivity contribution in [2.45, 2.75) is 6.92 Å². The second-order valence-corrected chi connectivity index (χ2v) is 2.41. The van der Waals surface area contributed by atoms with Crippen LogP contribution in [0.1, 0.15) is 5.56 Å². The quantitative estimate of drug-likeness (QED) is 0.537. The summed E-state index contributed by atoms with van der Waals surface area (Å²) >= 11 is 0. The highest BCUT2D eigenvalue weighted by Gasteiger charge is 1.96. The van der Waals surface area contributed by atoms with Crippen LogP contribution in [-0.2, 0) is 0 Å². The summed E-state index contributed by atoms with van der Waals surface area (Å²) in [5, 5.41) is 1.21. The van der Waals surface area contributed by atoms with Crippen LogP contribution in [-0.4, -0.2) is 0 Å². The Balaban J connectivity index is 2.95. The normalized spacial score (nSPS) is 10.5. The van der Waals surface area contributed by atoms with Crippen molar-refractivity contribution in [1.29, 1.82) is 0 Å². The number of rotatable bonds is 0. The first-order valence-electron chi connectivity index (χ1n) is 3.31. The molecule has 1 aromatic heterocycles. The van der Waals surface area contributed by atoms with E-state index in [9.17, 15) is 0 Å². The van der Waals surface area contributed by atoms with Gasteiger partial charge in [-0.2, -0.15) is 0 Å². The minimum absolute atomic E-state index is 0.972. The Bertz CT molecular complexity index is 346. The summed E-state index contributed by atoms with van der Waals surface area (Å²) in [6.45, 7) is 2.08. The third kappa shape index (κ3) is 0.637. The van der Waals surface area contributed by atoms with Gasteiger partial charge in [0.15, 0.2) is 0 Å². The number of hydrogen-bond acceptors (Lipinski definition) is 1. The third-order valence-corrected chi connectivity index (χ3v) is 1.71. The number of hydrogen-bond donors (Lipinski definition) is 0. The Morgan fingerprint density at radius 1 is 1.20 bits per heavy atom. The summed E-state index contributed by atoms with van der Waals surface area (Å²) < 4.78 is 5.20. The van der Waals surface area contributed by atoms with Crippen molar-refractivity contribution in [3.8, 4) is 0 Å². The Hall–Kier alpha value is -1.24. The molecular weight excluding hydrogens is 124 g/mol. The first-order chi connectivity index (χ1) is 4.88. The number of aryl methyl sites for hydroxylation is 1. The van der Waals surface area contributed by atoms with E-state index < -0.39 is 0 Å². The molecule has 2 rings (SSSR count). The Morgan fingerprint density at radius 3 is 2.90 bits per heavy atom. The van der Waals surface area contributed by atoms with Gasteiger partial charge in [0, 0.05) is 5.39 Å². The second kappa shape index (κ2) is 1.87. The van der Waals surface area contributed by atoms with Gasteiger partial charge in [-0.25, -0.2) is 0 Å². The molecule has 1 aromatic carbocycles. The fourth-order valence-corrected chi connectivity index (χ4v) is 1.15. The SMILES string of the molecule is Cc1cccc2occc12. The number of benzene rings is 1. The minimum Gasteiger partial charge on any atom is -0.464 e. The maximum Gasteiger partial charge on any atom is 0.134 e. The van der Waals surface area contributed by atoms with E-state index in [2.05, 4.69) is 13.0 Å². The molecule has 0 radical (unpaired) electrons. The molecule has 2 aromatic rings. The van der Waals surface area contributed by atoms with Gasteiger partial charge < -0.3 is 4.42 Å². The molecule has 10 heavy (non-hydrogen) atoms. The Morgan fingerprint density at radius 2 is 2.10 bits per heavy atom. The molecule has 0 unspecified atom stereocenters. The fraction of sp³-hybridized carbons (Fsp3) is 0.111. The van der Waals surface area contributed by atoms with Crippen molar-refractivity contribution in [1.82, 2.24) is 0 Å². The van der Waals surface area contributed by atoms with Crippen LogP contribution >= 0.6 is 0 Å².